The second kappa shape index (κ2) is 1.41. The van der Waals surface area contributed by atoms with Gasteiger partial charge < -0.3 is 0 Å². The zero-order valence-electron chi connectivity index (χ0n) is 7.85. The normalized spacial score (nSPS) is 71.7. The summed E-state index contributed by atoms with van der Waals surface area (Å²) < 4.78 is 0. The Hall–Kier alpha value is 0. The molecule has 3 saturated carbocycles. The Morgan fingerprint density at radius 3 is 1.91 bits per heavy atom. The molecule has 0 spiro atoms. The third kappa shape index (κ3) is 0.443. The molecule has 3 aliphatic rings. The van der Waals surface area contributed by atoms with E-state index in [1.165, 1.54) is 5.92 Å². The van der Waals surface area contributed by atoms with Crippen LogP contribution < -0.4 is 0 Å². The highest BCUT2D eigenvalue weighted by Gasteiger charge is 2.78. The second-order valence-electron chi connectivity index (χ2n) is 5.46. The third-order valence-electron chi connectivity index (χ3n) is 5.78. The summed E-state index contributed by atoms with van der Waals surface area (Å²) in [5.41, 5.74) is 1.65. The van der Waals surface area contributed by atoms with Crippen LogP contribution in [0.5, 0.6) is 0 Å². The lowest BCUT2D eigenvalue weighted by molar-refractivity contribution is 0.152. The molecule has 0 radical (unpaired) electrons. The predicted octanol–water partition coefficient (Wildman–Crippen LogP) is 3.08. The van der Waals surface area contributed by atoms with Gasteiger partial charge in [0.2, 0.25) is 0 Å². The Kier molecular flexibility index (Phi) is 0.832. The zero-order valence-corrected chi connectivity index (χ0v) is 7.85. The van der Waals surface area contributed by atoms with E-state index in [2.05, 4.69) is 20.8 Å². The van der Waals surface area contributed by atoms with Crippen LogP contribution in [0.4, 0.5) is 0 Å². The van der Waals surface area contributed by atoms with E-state index < -0.39 is 0 Å². The highest BCUT2D eigenvalue weighted by molar-refractivity contribution is 5.26. The molecule has 11 heavy (non-hydrogen) atoms. The molecule has 0 bridgehead atoms. The molecule has 4 atom stereocenters. The quantitative estimate of drug-likeness (QED) is 0.539. The average molecular weight is 150 g/mol. The van der Waals surface area contributed by atoms with Crippen LogP contribution in [0.2, 0.25) is 0 Å². The van der Waals surface area contributed by atoms with Crippen molar-refractivity contribution in [2.24, 2.45) is 28.6 Å². The fraction of sp³-hybridized carbons (Fsp3) is 1.00. The van der Waals surface area contributed by atoms with Gasteiger partial charge in [-0.1, -0.05) is 20.8 Å². The van der Waals surface area contributed by atoms with E-state index in [1.54, 1.807) is 19.3 Å². The summed E-state index contributed by atoms with van der Waals surface area (Å²) in [6, 6.07) is 0. The van der Waals surface area contributed by atoms with Crippen molar-refractivity contribution < 1.29 is 0 Å². The van der Waals surface area contributed by atoms with E-state index in [1.807, 2.05) is 0 Å². The Balaban J connectivity index is 1.90. The van der Waals surface area contributed by atoms with Crippen LogP contribution in [-0.4, -0.2) is 0 Å². The third-order valence-corrected chi connectivity index (χ3v) is 5.78. The van der Waals surface area contributed by atoms with Crippen LogP contribution in [0.3, 0.4) is 0 Å². The molecule has 0 heteroatoms. The van der Waals surface area contributed by atoms with Gasteiger partial charge in [-0.25, -0.2) is 0 Å². The maximum atomic E-state index is 2.54. The minimum atomic E-state index is 0.774. The number of hydrogen-bond donors (Lipinski definition) is 0. The van der Waals surface area contributed by atoms with E-state index in [0.717, 1.165) is 22.7 Å². The molecule has 0 nitrogen and oxygen atoms in total. The standard InChI is InChI=1S/C11H18/c1-7-8(2)10(7,3)11-5-4-9(11)6-11/h7-9H,4-6H2,1-3H3. The molecular weight excluding hydrogens is 132 g/mol. The lowest BCUT2D eigenvalue weighted by atomic mass is 9.71. The van der Waals surface area contributed by atoms with Crippen LogP contribution in [-0.2, 0) is 0 Å². The summed E-state index contributed by atoms with van der Waals surface area (Å²) in [7, 11) is 0. The molecule has 0 saturated heterocycles. The topological polar surface area (TPSA) is 0 Å². The van der Waals surface area contributed by atoms with Crippen LogP contribution in [0.25, 0.3) is 0 Å². The molecule has 3 fully saturated rings. The average Bonchev–Trinajstić information content (AvgIpc) is 2.65. The van der Waals surface area contributed by atoms with Gasteiger partial charge in [0.1, 0.15) is 0 Å². The van der Waals surface area contributed by atoms with Crippen molar-refractivity contribution in [3.05, 3.63) is 0 Å². The van der Waals surface area contributed by atoms with Crippen molar-refractivity contribution in [2.45, 2.75) is 40.0 Å². The first-order valence-electron chi connectivity index (χ1n) is 5.13. The SMILES string of the molecule is CC1C(C)C1(C)C12CCC1C2. The fourth-order valence-corrected chi connectivity index (χ4v) is 4.10. The first kappa shape index (κ1) is 6.51. The van der Waals surface area contributed by atoms with Crippen LogP contribution in [0.1, 0.15) is 40.0 Å². The van der Waals surface area contributed by atoms with Crippen LogP contribution in [0.15, 0.2) is 0 Å². The minimum absolute atomic E-state index is 0.774. The Morgan fingerprint density at radius 1 is 1.18 bits per heavy atom. The zero-order chi connectivity index (χ0) is 7.85. The van der Waals surface area contributed by atoms with E-state index in [-0.39, 0.29) is 0 Å². The largest absolute Gasteiger partial charge is 0.0617 e. The Bertz CT molecular complexity index is 206. The van der Waals surface area contributed by atoms with Gasteiger partial charge in [-0.05, 0) is 47.8 Å². The van der Waals surface area contributed by atoms with Gasteiger partial charge in [-0.3, -0.25) is 0 Å². The number of rotatable bonds is 1. The summed E-state index contributed by atoms with van der Waals surface area (Å²) in [6.45, 7) is 7.45. The molecule has 0 N–H and O–H groups in total. The second-order valence-corrected chi connectivity index (χ2v) is 5.46. The van der Waals surface area contributed by atoms with Gasteiger partial charge in [0.25, 0.3) is 0 Å². The summed E-state index contributed by atoms with van der Waals surface area (Å²) in [5, 5.41) is 0. The summed E-state index contributed by atoms with van der Waals surface area (Å²) in [6.07, 6.45) is 4.69. The molecule has 0 heterocycles. The molecule has 0 aromatic heterocycles. The van der Waals surface area contributed by atoms with E-state index >= 15 is 0 Å². The monoisotopic (exact) mass is 150 g/mol. The summed E-state index contributed by atoms with van der Waals surface area (Å²) in [4.78, 5) is 0. The Labute approximate surface area is 69.4 Å². The first-order chi connectivity index (χ1) is 5.13. The van der Waals surface area contributed by atoms with Crippen molar-refractivity contribution in [1.82, 2.24) is 0 Å². The number of hydrogen-bond acceptors (Lipinski definition) is 0. The minimum Gasteiger partial charge on any atom is -0.0617 e. The highest BCUT2D eigenvalue weighted by atomic mass is 14.8. The molecule has 3 rings (SSSR count). The smallest absolute Gasteiger partial charge is 0.0207 e. The maximum Gasteiger partial charge on any atom is -0.0207 e. The van der Waals surface area contributed by atoms with E-state index in [0.29, 0.717) is 0 Å². The molecule has 62 valence electrons. The summed E-state index contributed by atoms with van der Waals surface area (Å²) in [5.74, 6) is 3.21. The fourth-order valence-electron chi connectivity index (χ4n) is 4.10. The van der Waals surface area contributed by atoms with E-state index in [4.69, 9.17) is 0 Å². The van der Waals surface area contributed by atoms with Crippen molar-refractivity contribution in [2.75, 3.05) is 0 Å². The molecule has 0 aromatic carbocycles. The molecule has 0 aliphatic heterocycles. The lowest BCUT2D eigenvalue weighted by Gasteiger charge is -2.33. The predicted molar refractivity (Wildman–Crippen MR) is 46.2 cm³/mol. The number of fused-ring (bicyclic) bond motifs is 1. The van der Waals surface area contributed by atoms with Gasteiger partial charge in [-0.15, -0.1) is 0 Å². The Morgan fingerprint density at radius 2 is 1.82 bits per heavy atom. The molecule has 0 aromatic rings. The van der Waals surface area contributed by atoms with Gasteiger partial charge >= 0.3 is 0 Å². The van der Waals surface area contributed by atoms with Crippen LogP contribution >= 0.6 is 0 Å². The lowest BCUT2D eigenvalue weighted by Crippen LogP contribution is -2.26. The molecular formula is C11H18. The van der Waals surface area contributed by atoms with E-state index in [9.17, 15) is 0 Å². The first-order valence-corrected chi connectivity index (χ1v) is 5.13. The van der Waals surface area contributed by atoms with Gasteiger partial charge in [0.05, 0.1) is 0 Å². The molecule has 4 unspecified atom stereocenters. The maximum absolute atomic E-state index is 2.54. The van der Waals surface area contributed by atoms with Gasteiger partial charge in [-0.2, -0.15) is 0 Å². The molecule has 3 aliphatic carbocycles. The van der Waals surface area contributed by atoms with Gasteiger partial charge in [0, 0.05) is 0 Å². The summed E-state index contributed by atoms with van der Waals surface area (Å²) >= 11 is 0. The van der Waals surface area contributed by atoms with Gasteiger partial charge in [0.15, 0.2) is 0 Å². The molecule has 0 amide bonds. The van der Waals surface area contributed by atoms with Crippen molar-refractivity contribution in [3.63, 3.8) is 0 Å². The highest BCUT2D eigenvalue weighted by Crippen LogP contribution is 2.85. The van der Waals surface area contributed by atoms with Crippen molar-refractivity contribution in [3.8, 4) is 0 Å². The van der Waals surface area contributed by atoms with Crippen molar-refractivity contribution >= 4 is 0 Å². The van der Waals surface area contributed by atoms with Crippen LogP contribution in [0, 0.1) is 28.6 Å². The van der Waals surface area contributed by atoms with Crippen molar-refractivity contribution in [1.29, 1.82) is 0 Å².